The predicted octanol–water partition coefficient (Wildman–Crippen LogP) is 2.68. The SMILES string of the molecule is O=C(COC(=O)[C@@H]1CC=CCC1)NC(=O)NC12CC3CC(CC(C3)C1)C2. The third-order valence-corrected chi connectivity index (χ3v) is 6.62. The molecule has 0 aromatic rings. The van der Waals surface area contributed by atoms with E-state index in [9.17, 15) is 14.4 Å². The van der Waals surface area contributed by atoms with E-state index in [1.54, 1.807) is 0 Å². The summed E-state index contributed by atoms with van der Waals surface area (Å²) in [6.45, 7) is -0.395. The summed E-state index contributed by atoms with van der Waals surface area (Å²) in [6, 6.07) is -0.450. The first-order valence-electron chi connectivity index (χ1n) is 9.95. The van der Waals surface area contributed by atoms with Crippen LogP contribution in [-0.4, -0.2) is 30.1 Å². The molecule has 6 heteroatoms. The number of urea groups is 1. The molecule has 5 aliphatic rings. The van der Waals surface area contributed by atoms with Crippen molar-refractivity contribution in [2.45, 2.75) is 63.3 Å². The number of hydrogen-bond donors (Lipinski definition) is 2. The molecule has 4 fully saturated rings. The monoisotopic (exact) mass is 360 g/mol. The summed E-state index contributed by atoms with van der Waals surface area (Å²) in [6.07, 6.45) is 13.3. The van der Waals surface area contributed by atoms with Crippen molar-refractivity contribution in [3.8, 4) is 0 Å². The molecule has 5 rings (SSSR count). The molecular weight excluding hydrogens is 332 g/mol. The van der Waals surface area contributed by atoms with E-state index in [1.165, 1.54) is 19.3 Å². The lowest BCUT2D eigenvalue weighted by molar-refractivity contribution is -0.152. The van der Waals surface area contributed by atoms with Crippen molar-refractivity contribution in [1.29, 1.82) is 0 Å². The zero-order chi connectivity index (χ0) is 18.1. The Kier molecular flexibility index (Phi) is 4.76. The first kappa shape index (κ1) is 17.6. The molecule has 5 aliphatic carbocycles. The number of imide groups is 1. The standard InChI is InChI=1S/C20H28N2O4/c23-17(12-26-18(24)16-4-2-1-3-5-16)21-19(25)22-20-9-13-6-14(10-20)8-15(7-13)11-20/h1-2,13-16H,3-12H2,(H2,21,22,23,25)/t13?,14?,15?,16-,20?/m1/s1. The molecule has 0 unspecified atom stereocenters. The van der Waals surface area contributed by atoms with Crippen molar-refractivity contribution in [1.82, 2.24) is 10.6 Å². The highest BCUT2D eigenvalue weighted by atomic mass is 16.5. The second-order valence-corrected chi connectivity index (χ2v) is 8.79. The van der Waals surface area contributed by atoms with Gasteiger partial charge in [0.2, 0.25) is 0 Å². The highest BCUT2D eigenvalue weighted by Crippen LogP contribution is 2.55. The maximum absolute atomic E-state index is 12.3. The second kappa shape index (κ2) is 7.05. The molecule has 0 heterocycles. The van der Waals surface area contributed by atoms with Crippen LogP contribution in [0.5, 0.6) is 0 Å². The predicted molar refractivity (Wildman–Crippen MR) is 95.0 cm³/mol. The summed E-state index contributed by atoms with van der Waals surface area (Å²) in [7, 11) is 0. The lowest BCUT2D eigenvalue weighted by Crippen LogP contribution is -2.62. The topological polar surface area (TPSA) is 84.5 Å². The Morgan fingerprint density at radius 2 is 1.65 bits per heavy atom. The van der Waals surface area contributed by atoms with Crippen molar-refractivity contribution in [2.24, 2.45) is 23.7 Å². The maximum atomic E-state index is 12.3. The lowest BCUT2D eigenvalue weighted by atomic mass is 9.53. The number of esters is 1. The number of carbonyl (C=O) groups excluding carboxylic acids is 3. The van der Waals surface area contributed by atoms with Gasteiger partial charge in [-0.2, -0.15) is 0 Å². The van der Waals surface area contributed by atoms with Gasteiger partial charge in [-0.15, -0.1) is 0 Å². The van der Waals surface area contributed by atoms with Crippen LogP contribution >= 0.6 is 0 Å². The summed E-state index contributed by atoms with van der Waals surface area (Å²) < 4.78 is 5.07. The Bertz CT molecular complexity index is 592. The number of rotatable bonds is 4. The van der Waals surface area contributed by atoms with Crippen LogP contribution in [0.3, 0.4) is 0 Å². The molecule has 2 N–H and O–H groups in total. The van der Waals surface area contributed by atoms with Gasteiger partial charge in [0.1, 0.15) is 0 Å². The van der Waals surface area contributed by atoms with Crippen LogP contribution in [0.4, 0.5) is 4.79 Å². The summed E-state index contributed by atoms with van der Waals surface area (Å²) in [5.41, 5.74) is -0.135. The van der Waals surface area contributed by atoms with Gasteiger partial charge in [0.25, 0.3) is 5.91 Å². The lowest BCUT2D eigenvalue weighted by Gasteiger charge is -2.56. The minimum atomic E-state index is -0.563. The number of hydrogen-bond acceptors (Lipinski definition) is 4. The van der Waals surface area contributed by atoms with Crippen LogP contribution in [0.2, 0.25) is 0 Å². The third kappa shape index (κ3) is 3.79. The number of carbonyl (C=O) groups is 3. The van der Waals surface area contributed by atoms with Crippen LogP contribution in [0.15, 0.2) is 12.2 Å². The van der Waals surface area contributed by atoms with E-state index in [0.29, 0.717) is 6.42 Å². The van der Waals surface area contributed by atoms with Crippen molar-refractivity contribution < 1.29 is 19.1 Å². The summed E-state index contributed by atoms with van der Waals surface area (Å²) >= 11 is 0. The van der Waals surface area contributed by atoms with Gasteiger partial charge in [-0.05, 0) is 75.5 Å². The first-order valence-corrected chi connectivity index (χ1v) is 9.95. The number of nitrogens with one attached hydrogen (secondary N) is 2. The van der Waals surface area contributed by atoms with E-state index >= 15 is 0 Å². The third-order valence-electron chi connectivity index (χ3n) is 6.62. The van der Waals surface area contributed by atoms with E-state index in [4.69, 9.17) is 4.74 Å². The van der Waals surface area contributed by atoms with Gasteiger partial charge in [0, 0.05) is 5.54 Å². The summed E-state index contributed by atoms with van der Waals surface area (Å²) in [5.74, 6) is 1.08. The molecule has 4 bridgehead atoms. The van der Waals surface area contributed by atoms with E-state index in [0.717, 1.165) is 49.9 Å². The Labute approximate surface area is 154 Å². The van der Waals surface area contributed by atoms with Gasteiger partial charge < -0.3 is 10.1 Å². The van der Waals surface area contributed by atoms with Crippen molar-refractivity contribution in [2.75, 3.05) is 6.61 Å². The first-order chi connectivity index (χ1) is 12.5. The van der Waals surface area contributed by atoms with Crippen molar-refractivity contribution >= 4 is 17.9 Å². The summed E-state index contributed by atoms with van der Waals surface area (Å²) in [4.78, 5) is 36.2. The van der Waals surface area contributed by atoms with Crippen molar-refractivity contribution in [3.63, 3.8) is 0 Å². The highest BCUT2D eigenvalue weighted by Gasteiger charge is 2.51. The Morgan fingerprint density at radius 1 is 1.00 bits per heavy atom. The molecule has 0 aromatic carbocycles. The zero-order valence-electron chi connectivity index (χ0n) is 15.2. The molecule has 3 amide bonds. The average Bonchev–Trinajstić information content (AvgIpc) is 2.58. The average molecular weight is 360 g/mol. The smallest absolute Gasteiger partial charge is 0.321 e. The quantitative estimate of drug-likeness (QED) is 0.596. The van der Waals surface area contributed by atoms with E-state index in [2.05, 4.69) is 10.6 Å². The number of allylic oxidation sites excluding steroid dienone is 2. The van der Waals surface area contributed by atoms with E-state index < -0.39 is 18.5 Å². The van der Waals surface area contributed by atoms with Gasteiger partial charge in [-0.25, -0.2) is 4.79 Å². The van der Waals surface area contributed by atoms with Gasteiger partial charge in [-0.1, -0.05) is 12.2 Å². The highest BCUT2D eigenvalue weighted by molar-refractivity contribution is 5.95. The van der Waals surface area contributed by atoms with E-state index in [-0.39, 0.29) is 17.4 Å². The van der Waals surface area contributed by atoms with E-state index in [1.807, 2.05) is 12.2 Å². The number of ether oxygens (including phenoxy) is 1. The molecule has 26 heavy (non-hydrogen) atoms. The molecule has 0 aliphatic heterocycles. The molecule has 142 valence electrons. The molecule has 4 saturated carbocycles. The van der Waals surface area contributed by atoms with Crippen LogP contribution in [0, 0.1) is 23.7 Å². The van der Waals surface area contributed by atoms with Crippen LogP contribution in [0.25, 0.3) is 0 Å². The van der Waals surface area contributed by atoms with Crippen LogP contribution < -0.4 is 10.6 Å². The number of amides is 3. The summed E-state index contributed by atoms with van der Waals surface area (Å²) in [5, 5.41) is 5.42. The molecule has 1 atom stereocenters. The maximum Gasteiger partial charge on any atom is 0.321 e. The minimum Gasteiger partial charge on any atom is -0.455 e. The fraction of sp³-hybridized carbons (Fsp3) is 0.750. The molecular formula is C20H28N2O4. The Balaban J connectivity index is 1.23. The molecule has 0 spiro atoms. The van der Waals surface area contributed by atoms with Crippen LogP contribution in [-0.2, 0) is 14.3 Å². The molecule has 0 radical (unpaired) electrons. The zero-order valence-corrected chi connectivity index (χ0v) is 15.2. The fourth-order valence-electron chi connectivity index (χ4n) is 5.96. The molecule has 6 nitrogen and oxygen atoms in total. The normalized spacial score (nSPS) is 37.2. The Hall–Kier alpha value is -1.85. The Morgan fingerprint density at radius 3 is 2.23 bits per heavy atom. The largest absolute Gasteiger partial charge is 0.455 e. The second-order valence-electron chi connectivity index (χ2n) is 8.79. The molecule has 0 aromatic heterocycles. The molecule has 0 saturated heterocycles. The minimum absolute atomic E-state index is 0.135. The van der Waals surface area contributed by atoms with Crippen molar-refractivity contribution in [3.05, 3.63) is 12.2 Å². The van der Waals surface area contributed by atoms with Gasteiger partial charge in [0.15, 0.2) is 6.61 Å². The van der Waals surface area contributed by atoms with Crippen LogP contribution in [0.1, 0.15) is 57.8 Å². The fourth-order valence-corrected chi connectivity index (χ4v) is 5.96. The van der Waals surface area contributed by atoms with Gasteiger partial charge in [0.05, 0.1) is 5.92 Å². The van der Waals surface area contributed by atoms with Gasteiger partial charge >= 0.3 is 12.0 Å². The van der Waals surface area contributed by atoms with Gasteiger partial charge in [-0.3, -0.25) is 14.9 Å².